The molecule has 0 atom stereocenters. The van der Waals surface area contributed by atoms with E-state index in [1.165, 1.54) is 0 Å². The van der Waals surface area contributed by atoms with E-state index in [-0.39, 0.29) is 196 Å². The molecule has 0 amide bonds. The quantitative estimate of drug-likeness (QED) is 0.185. The summed E-state index contributed by atoms with van der Waals surface area (Å²) in [6, 6.07) is 16.6. The van der Waals surface area contributed by atoms with Crippen molar-refractivity contribution in [2.75, 3.05) is 0 Å². The zero-order valence-electron chi connectivity index (χ0n) is 26.9. The fourth-order valence-corrected chi connectivity index (χ4v) is 5.24. The number of imidazole rings is 4. The largest absolute Gasteiger partial charge is 0.469 e. The van der Waals surface area contributed by atoms with Gasteiger partial charge in [0.1, 0.15) is 0 Å². The number of benzene rings is 3. The number of hydrogen-bond acceptors (Lipinski definition) is 4. The molecule has 8 nitrogen and oxygen atoms in total. The van der Waals surface area contributed by atoms with E-state index in [4.69, 9.17) is 0 Å². The number of aromatic nitrogens is 8. The molecule has 14 heteroatoms. The Labute approximate surface area is 422 Å². The molecule has 0 aliphatic heterocycles. The van der Waals surface area contributed by atoms with Gasteiger partial charge in [0.05, 0.1) is 0 Å². The molecule has 222 valence electrons. The van der Waals surface area contributed by atoms with Crippen molar-refractivity contribution in [1.82, 2.24) is 38.2 Å². The first-order chi connectivity index (χ1) is 19.2. The molecule has 6 radical (unpaired) electrons. The third kappa shape index (κ3) is 9.16. The summed E-state index contributed by atoms with van der Waals surface area (Å²) in [5.41, 5.74) is 10.2. The van der Waals surface area contributed by atoms with Gasteiger partial charge in [0.25, 0.3) is 0 Å². The van der Waals surface area contributed by atoms with Crippen LogP contribution in [0.25, 0.3) is 55.3 Å². The molecular weight excluding hydrogens is 1030 g/mol. The van der Waals surface area contributed by atoms with Crippen molar-refractivity contribution in [3.63, 3.8) is 0 Å². The molecule has 0 aliphatic rings. The zero-order chi connectivity index (χ0) is 28.3. The fraction of sp³-hybridized carbons (Fsp3) is 0.188. The Hall–Kier alpha value is 1.64. The Bertz CT molecular complexity index is 2070. The van der Waals surface area contributed by atoms with Crippen LogP contribution >= 0.6 is 0 Å². The van der Waals surface area contributed by atoms with E-state index in [1.54, 1.807) is 0 Å². The predicted octanol–water partition coefficient (Wildman–Crippen LogP) is 6.72. The van der Waals surface area contributed by atoms with Crippen molar-refractivity contribution in [3.05, 3.63) is 100 Å². The molecule has 0 bridgehead atoms. The van der Waals surface area contributed by atoms with E-state index in [2.05, 4.69) is 104 Å². The average Bonchev–Trinajstić information content (AvgIpc) is 3.64. The van der Waals surface area contributed by atoms with Crippen molar-refractivity contribution in [1.29, 1.82) is 0 Å². The van der Waals surface area contributed by atoms with Gasteiger partial charge in [-0.3, -0.25) is 0 Å². The number of aryl methyl sites for hydroxylation is 4. The van der Waals surface area contributed by atoms with Gasteiger partial charge < -0.3 is 38.2 Å². The van der Waals surface area contributed by atoms with Gasteiger partial charge in [0.2, 0.25) is 0 Å². The summed E-state index contributed by atoms with van der Waals surface area (Å²) in [5, 5.41) is 0. The Balaban J connectivity index is 0.000000804. The molecule has 46 heavy (non-hydrogen) atoms. The third-order valence-corrected chi connectivity index (χ3v) is 7.62. The normalized spacial score (nSPS) is 10.1. The maximum Gasteiger partial charge on any atom is 0.0192 e. The summed E-state index contributed by atoms with van der Waals surface area (Å²) >= 11 is 0. The molecule has 0 spiro atoms. The average molecular weight is 1060 g/mol. The summed E-state index contributed by atoms with van der Waals surface area (Å²) in [6.07, 6.45) is 1.75. The molecule has 0 fully saturated rings. The summed E-state index contributed by atoms with van der Waals surface area (Å²) < 4.78 is 7.50. The van der Waals surface area contributed by atoms with E-state index in [0.717, 1.165) is 91.4 Å². The first kappa shape index (κ1) is 47.6. The Morgan fingerprint density at radius 1 is 0.457 bits per heavy atom. The maximum atomic E-state index is 4.67. The van der Waals surface area contributed by atoms with E-state index in [9.17, 15) is 0 Å². The van der Waals surface area contributed by atoms with E-state index in [0.29, 0.717) is 0 Å². The van der Waals surface area contributed by atoms with E-state index >= 15 is 0 Å². The molecule has 0 saturated heterocycles. The van der Waals surface area contributed by atoms with Crippen molar-refractivity contribution in [2.24, 2.45) is 0 Å². The third-order valence-electron chi connectivity index (χ3n) is 7.62. The first-order valence-electron chi connectivity index (χ1n) is 13.3. The topological polar surface area (TPSA) is 71.3 Å². The smallest absolute Gasteiger partial charge is 0.0192 e. The van der Waals surface area contributed by atoms with Gasteiger partial charge in [0, 0.05) is 242 Å². The minimum absolute atomic E-state index is 0. The number of hydrogen-bond donors (Lipinski definition) is 0. The second kappa shape index (κ2) is 20.0. The number of rotatable bonds is 3. The van der Waals surface area contributed by atoms with Crippen LogP contribution in [0.5, 0.6) is 0 Å². The molecule has 0 unspecified atom stereocenters. The van der Waals surface area contributed by atoms with Crippen LogP contribution in [0.1, 0.15) is 37.1 Å². The summed E-state index contributed by atoms with van der Waals surface area (Å²) in [7, 11) is 16.1. The Kier molecular flexibility index (Phi) is 20.8. The standard InChI is InChI=1S/C19H18N4.C13H14N4.6Y/c1-5-19-21-16-11-14(7-9-18(16)23(19)4)13-6-8-17-15(10-13)20-12(2)22(17)3;1-5-13-15-10-6-9-11(7-12(10)17(13)4)16(3)8(2)14-9;;;;;;/h6-11H,3-5H2,1-2H3;6-7H,3-5H2,1-2H3;;;;;;/q2*-2;;;;;;. The maximum absolute atomic E-state index is 4.67. The second-order valence-corrected chi connectivity index (χ2v) is 10.0. The molecule has 3 aromatic carbocycles. The van der Waals surface area contributed by atoms with Crippen LogP contribution in [-0.4, -0.2) is 38.2 Å². The fourth-order valence-electron chi connectivity index (χ4n) is 5.24. The van der Waals surface area contributed by atoms with Crippen LogP contribution in [0.4, 0.5) is 0 Å². The van der Waals surface area contributed by atoms with Gasteiger partial charge in [-0.25, -0.2) is 0 Å². The van der Waals surface area contributed by atoms with Crippen LogP contribution in [-0.2, 0) is 209 Å². The van der Waals surface area contributed by atoms with Gasteiger partial charge in [-0.05, 0) is 64.2 Å². The first-order valence-corrected chi connectivity index (χ1v) is 13.3. The summed E-state index contributed by atoms with van der Waals surface area (Å²) in [4.78, 5) is 18.2. The Morgan fingerprint density at radius 2 is 0.804 bits per heavy atom. The molecule has 4 heterocycles. The van der Waals surface area contributed by atoms with Gasteiger partial charge in [-0.15, -0.1) is 34.3 Å². The second-order valence-electron chi connectivity index (χ2n) is 10.0. The van der Waals surface area contributed by atoms with Crippen LogP contribution < -0.4 is 0 Å². The Morgan fingerprint density at radius 3 is 1.28 bits per heavy atom. The van der Waals surface area contributed by atoms with Crippen molar-refractivity contribution < 1.29 is 196 Å². The minimum atomic E-state index is 0. The van der Waals surface area contributed by atoms with Crippen LogP contribution in [0.15, 0.2) is 48.5 Å². The molecule has 7 rings (SSSR count). The number of fused-ring (bicyclic) bond motifs is 4. The zero-order valence-corrected chi connectivity index (χ0v) is 43.9. The van der Waals surface area contributed by atoms with Crippen LogP contribution in [0, 0.1) is 42.0 Å². The molecule has 0 aliphatic carbocycles. The SMILES string of the molecule is [CH2-]n1c(C)nc2cc(-c3ccc4c(c3)nc(CC)n4[CH2-])ccc21.[CH2-]n1c(C)nc2cc3nc(CC)n([CH2-])c3cc21.[Y].[Y].[Y].[Y].[Y].[Y]. The van der Waals surface area contributed by atoms with Crippen LogP contribution in [0.3, 0.4) is 0 Å². The van der Waals surface area contributed by atoms with Crippen molar-refractivity contribution in [3.8, 4) is 11.1 Å². The predicted molar refractivity (Wildman–Crippen MR) is 163 cm³/mol. The van der Waals surface area contributed by atoms with Gasteiger partial charge in [-0.1, -0.05) is 52.0 Å². The minimum Gasteiger partial charge on any atom is -0.469 e. The van der Waals surface area contributed by atoms with Gasteiger partial charge in [-0.2, -0.15) is 0 Å². The molecule has 0 N–H and O–H groups in total. The van der Waals surface area contributed by atoms with Crippen LogP contribution in [0.2, 0.25) is 0 Å². The van der Waals surface area contributed by atoms with Crippen molar-refractivity contribution in [2.45, 2.75) is 40.5 Å². The van der Waals surface area contributed by atoms with E-state index < -0.39 is 0 Å². The summed E-state index contributed by atoms with van der Waals surface area (Å²) in [6.45, 7) is 8.08. The molecule has 4 aromatic heterocycles. The van der Waals surface area contributed by atoms with E-state index in [1.807, 2.05) is 38.2 Å². The van der Waals surface area contributed by atoms with Gasteiger partial charge >= 0.3 is 0 Å². The summed E-state index contributed by atoms with van der Waals surface area (Å²) in [5.74, 6) is 3.80. The number of nitrogens with zero attached hydrogens (tertiary/aromatic N) is 8. The molecule has 0 saturated carbocycles. The van der Waals surface area contributed by atoms with Gasteiger partial charge in [0.15, 0.2) is 0 Å². The van der Waals surface area contributed by atoms with Crippen molar-refractivity contribution >= 4 is 44.1 Å². The monoisotopic (exact) mass is 1060 g/mol. The molecule has 7 aromatic rings. The molecular formula is C32H32N8Y6-4.